The van der Waals surface area contributed by atoms with Gasteiger partial charge in [0.1, 0.15) is 36.8 Å². The predicted molar refractivity (Wildman–Crippen MR) is 192 cm³/mol. The summed E-state index contributed by atoms with van der Waals surface area (Å²) in [4.78, 5) is 30.8. The molecule has 6 rings (SSSR count). The lowest BCUT2D eigenvalue weighted by Gasteiger charge is -2.41. The zero-order valence-electron chi connectivity index (χ0n) is 28.8. The standard InChI is InChI=1S/C39H42ClF3N4O6/c40-31-19-29(53-36(31)26-11-5-2-6-12-26)21-46-15-16-47(32(22-46)38(51)44-24-39(41,42)43)20-28(48)18-27(17-25-9-3-1-4-10-25)37(50)45-35-30-13-7-8-14-34(30)52-23-33(35)49/h1-14,19,27-28,32-33,35,48-49H,15-18,20-24H2,(H,44,51)(H,45,50)/t27-,28+,32?,33-,35+/m1/s1. The number of carbonyl (C=O) groups excluding carboxylic acids is 2. The van der Waals surface area contributed by atoms with Crippen molar-refractivity contribution in [1.29, 1.82) is 0 Å². The summed E-state index contributed by atoms with van der Waals surface area (Å²) < 4.78 is 51.1. The van der Waals surface area contributed by atoms with Gasteiger partial charge < -0.3 is 30.0 Å². The fraction of sp³-hybridized carbons (Fsp3) is 0.385. The number of piperazine rings is 1. The maximum atomic E-state index is 13.9. The zero-order valence-corrected chi connectivity index (χ0v) is 29.6. The molecule has 0 saturated carbocycles. The highest BCUT2D eigenvalue weighted by atomic mass is 35.5. The number of nitrogens with zero attached hydrogens (tertiary/aromatic N) is 2. The first-order valence-electron chi connectivity index (χ1n) is 17.5. The van der Waals surface area contributed by atoms with Crippen molar-refractivity contribution < 1.29 is 42.1 Å². The van der Waals surface area contributed by atoms with E-state index in [0.29, 0.717) is 34.4 Å². The largest absolute Gasteiger partial charge is 0.490 e. The van der Waals surface area contributed by atoms with Crippen LogP contribution in [0.1, 0.15) is 29.3 Å². The number of hydrogen-bond donors (Lipinski definition) is 4. The molecule has 3 heterocycles. The van der Waals surface area contributed by atoms with Gasteiger partial charge in [0.2, 0.25) is 11.8 Å². The van der Waals surface area contributed by atoms with Gasteiger partial charge in [-0.15, -0.1) is 0 Å². The van der Waals surface area contributed by atoms with E-state index in [9.17, 15) is 33.0 Å². The second kappa shape index (κ2) is 17.2. The normalized spacial score (nSPS) is 20.5. The Balaban J connectivity index is 1.16. The molecule has 1 unspecified atom stereocenters. The summed E-state index contributed by atoms with van der Waals surface area (Å²) in [5.74, 6) is -0.367. The maximum absolute atomic E-state index is 13.9. The van der Waals surface area contributed by atoms with Gasteiger partial charge in [0.05, 0.1) is 23.7 Å². The number of hydrogen-bond acceptors (Lipinski definition) is 8. The van der Waals surface area contributed by atoms with Crippen LogP contribution in [0.25, 0.3) is 11.3 Å². The summed E-state index contributed by atoms with van der Waals surface area (Å²) in [6.07, 6.45) is -6.45. The summed E-state index contributed by atoms with van der Waals surface area (Å²) in [5, 5.41) is 27.6. The first kappa shape index (κ1) is 38.3. The lowest BCUT2D eigenvalue weighted by molar-refractivity contribution is -0.143. The van der Waals surface area contributed by atoms with Gasteiger partial charge in [-0.25, -0.2) is 0 Å². The lowest BCUT2D eigenvalue weighted by atomic mass is 9.90. The van der Waals surface area contributed by atoms with Crippen molar-refractivity contribution >= 4 is 23.4 Å². The van der Waals surface area contributed by atoms with Crippen LogP contribution in [0, 0.1) is 5.92 Å². The summed E-state index contributed by atoms with van der Waals surface area (Å²) in [6.45, 7) is -0.571. The molecule has 0 radical (unpaired) electrons. The Morgan fingerprint density at radius 1 is 0.981 bits per heavy atom. The van der Waals surface area contributed by atoms with Crippen molar-refractivity contribution in [1.82, 2.24) is 20.4 Å². The van der Waals surface area contributed by atoms with E-state index in [1.807, 2.05) is 70.9 Å². The quantitative estimate of drug-likeness (QED) is 0.151. The third-order valence-corrected chi connectivity index (χ3v) is 9.82. The Bertz CT molecular complexity index is 1830. The Hall–Kier alpha value is -4.40. The van der Waals surface area contributed by atoms with Crippen LogP contribution >= 0.6 is 11.6 Å². The van der Waals surface area contributed by atoms with Gasteiger partial charge in [-0.3, -0.25) is 19.4 Å². The first-order chi connectivity index (χ1) is 25.4. The lowest BCUT2D eigenvalue weighted by Crippen LogP contribution is -2.60. The van der Waals surface area contributed by atoms with Gasteiger partial charge in [0.15, 0.2) is 5.76 Å². The first-order valence-corrected chi connectivity index (χ1v) is 17.9. The van der Waals surface area contributed by atoms with E-state index in [-0.39, 0.29) is 51.5 Å². The van der Waals surface area contributed by atoms with Crippen LogP contribution in [-0.2, 0) is 22.6 Å². The minimum Gasteiger partial charge on any atom is -0.490 e. The van der Waals surface area contributed by atoms with Crippen molar-refractivity contribution in [3.8, 4) is 17.1 Å². The van der Waals surface area contributed by atoms with E-state index in [1.54, 1.807) is 35.2 Å². The van der Waals surface area contributed by atoms with E-state index < -0.39 is 48.8 Å². The zero-order chi connectivity index (χ0) is 37.5. The number of alkyl halides is 3. The number of benzene rings is 3. The van der Waals surface area contributed by atoms with E-state index >= 15 is 0 Å². The smallest absolute Gasteiger partial charge is 0.405 e. The van der Waals surface area contributed by atoms with Crippen molar-refractivity contribution in [2.75, 3.05) is 39.3 Å². The number of amides is 2. The van der Waals surface area contributed by atoms with Gasteiger partial charge >= 0.3 is 6.18 Å². The van der Waals surface area contributed by atoms with Crippen molar-refractivity contribution in [3.05, 3.63) is 113 Å². The molecule has 2 amide bonds. The number of furan rings is 1. The average Bonchev–Trinajstić information content (AvgIpc) is 3.51. The number of β-amino-alcohol motifs (C(OH)–C–C–N with tert-alkyl or cyclic N) is 1. The molecule has 2 aliphatic heterocycles. The number of fused-ring (bicyclic) bond motifs is 1. The van der Waals surface area contributed by atoms with Gasteiger partial charge in [-0.05, 0) is 24.5 Å². The number of aliphatic hydroxyl groups excluding tert-OH is 2. The van der Waals surface area contributed by atoms with E-state index in [0.717, 1.165) is 11.1 Å². The third-order valence-electron chi connectivity index (χ3n) is 9.54. The fourth-order valence-electron chi connectivity index (χ4n) is 6.94. The Labute approximate surface area is 310 Å². The minimum atomic E-state index is -4.61. The number of rotatable bonds is 13. The van der Waals surface area contributed by atoms with E-state index in [2.05, 4.69) is 5.32 Å². The van der Waals surface area contributed by atoms with E-state index in [4.69, 9.17) is 20.8 Å². The average molecular weight is 755 g/mol. The van der Waals surface area contributed by atoms with Crippen molar-refractivity contribution in [2.45, 2.75) is 49.9 Å². The monoisotopic (exact) mass is 754 g/mol. The second-order valence-corrected chi connectivity index (χ2v) is 13.9. The maximum Gasteiger partial charge on any atom is 0.405 e. The Morgan fingerprint density at radius 3 is 2.42 bits per heavy atom. The Kier molecular flexibility index (Phi) is 12.4. The molecule has 3 aromatic carbocycles. The van der Waals surface area contributed by atoms with Crippen LogP contribution in [-0.4, -0.2) is 95.6 Å². The molecule has 282 valence electrons. The molecule has 53 heavy (non-hydrogen) atoms. The Morgan fingerprint density at radius 2 is 1.68 bits per heavy atom. The van der Waals surface area contributed by atoms with Crippen LogP contribution in [0.5, 0.6) is 5.75 Å². The summed E-state index contributed by atoms with van der Waals surface area (Å²) in [6, 6.07) is 25.7. The number of aliphatic hydroxyl groups is 2. The molecular weight excluding hydrogens is 713 g/mol. The van der Waals surface area contributed by atoms with Gasteiger partial charge in [-0.1, -0.05) is 90.5 Å². The third kappa shape index (κ3) is 10.2. The predicted octanol–water partition coefficient (Wildman–Crippen LogP) is 4.99. The molecule has 10 nitrogen and oxygen atoms in total. The highest BCUT2D eigenvalue weighted by Gasteiger charge is 2.38. The van der Waals surface area contributed by atoms with Crippen LogP contribution in [0.15, 0.2) is 95.4 Å². The fourth-order valence-corrected chi connectivity index (χ4v) is 7.21. The van der Waals surface area contributed by atoms with Crippen LogP contribution in [0.4, 0.5) is 13.2 Å². The molecule has 1 aromatic heterocycles. The highest BCUT2D eigenvalue weighted by Crippen LogP contribution is 2.34. The summed E-state index contributed by atoms with van der Waals surface area (Å²) in [5.41, 5.74) is 2.29. The number of halogens is 4. The summed E-state index contributed by atoms with van der Waals surface area (Å²) >= 11 is 6.47. The molecule has 1 saturated heterocycles. The number of ether oxygens (including phenoxy) is 1. The second-order valence-electron chi connectivity index (χ2n) is 13.5. The number of para-hydroxylation sites is 1. The molecule has 14 heteroatoms. The highest BCUT2D eigenvalue weighted by molar-refractivity contribution is 6.33. The molecule has 0 aliphatic carbocycles. The minimum absolute atomic E-state index is 0.00114. The molecule has 0 spiro atoms. The molecule has 0 bridgehead atoms. The molecular formula is C39H42ClF3N4O6. The number of nitrogens with one attached hydrogen (secondary N) is 2. The van der Waals surface area contributed by atoms with Crippen LogP contribution in [0.2, 0.25) is 5.02 Å². The molecule has 1 fully saturated rings. The number of carbonyl (C=O) groups is 2. The SMILES string of the molecule is O=C(NCC(F)(F)F)C1CN(Cc2cc(Cl)c(-c3ccccc3)o2)CCN1C[C@@H](O)C[C@@H](Cc1ccccc1)C(=O)N[C@H]1c2ccccc2OC[C@H]1O. The van der Waals surface area contributed by atoms with Crippen molar-refractivity contribution in [2.24, 2.45) is 5.92 Å². The van der Waals surface area contributed by atoms with Crippen molar-refractivity contribution in [3.63, 3.8) is 0 Å². The van der Waals surface area contributed by atoms with Gasteiger partial charge in [0, 0.05) is 49.3 Å². The summed E-state index contributed by atoms with van der Waals surface area (Å²) in [7, 11) is 0. The molecule has 2 aliphatic rings. The topological polar surface area (TPSA) is 128 Å². The molecule has 4 aromatic rings. The van der Waals surface area contributed by atoms with Gasteiger partial charge in [-0.2, -0.15) is 13.2 Å². The van der Waals surface area contributed by atoms with Gasteiger partial charge in [0.25, 0.3) is 0 Å². The molecule has 4 N–H and O–H groups in total. The molecule has 5 atom stereocenters. The van der Waals surface area contributed by atoms with E-state index in [1.165, 1.54) is 0 Å². The van der Waals surface area contributed by atoms with Crippen LogP contribution < -0.4 is 15.4 Å². The van der Waals surface area contributed by atoms with Crippen LogP contribution in [0.3, 0.4) is 0 Å².